The van der Waals surface area contributed by atoms with Crippen LogP contribution in [0, 0.1) is 0 Å². The molecule has 0 aliphatic heterocycles. The van der Waals surface area contributed by atoms with E-state index < -0.39 is 0 Å². The fourth-order valence-corrected chi connectivity index (χ4v) is 2.81. The van der Waals surface area contributed by atoms with Gasteiger partial charge in [0.05, 0.1) is 13.7 Å². The first kappa shape index (κ1) is 18.6. The zero-order valence-electron chi connectivity index (χ0n) is 13.7. The molecule has 0 radical (unpaired) electrons. The van der Waals surface area contributed by atoms with Gasteiger partial charge in [-0.3, -0.25) is 9.69 Å². The fourth-order valence-electron chi connectivity index (χ4n) is 2.34. The second-order valence-corrected chi connectivity index (χ2v) is 6.34. The largest absolute Gasteiger partial charge is 0.496 e. The highest BCUT2D eigenvalue weighted by molar-refractivity contribution is 6.35. The summed E-state index contributed by atoms with van der Waals surface area (Å²) >= 11 is 12.0. The molecule has 0 aliphatic carbocycles. The van der Waals surface area contributed by atoms with Gasteiger partial charge >= 0.3 is 0 Å². The summed E-state index contributed by atoms with van der Waals surface area (Å²) < 4.78 is 5.27. The third-order valence-corrected chi connectivity index (χ3v) is 4.12. The van der Waals surface area contributed by atoms with Crippen molar-refractivity contribution in [3.63, 3.8) is 0 Å². The quantitative estimate of drug-likeness (QED) is 0.811. The van der Waals surface area contributed by atoms with Gasteiger partial charge in [-0.05, 0) is 30.8 Å². The molecular weight excluding hydrogens is 347 g/mol. The Balaban J connectivity index is 1.85. The van der Waals surface area contributed by atoms with Crippen LogP contribution in [0.15, 0.2) is 42.5 Å². The van der Waals surface area contributed by atoms with Gasteiger partial charge in [0.15, 0.2) is 0 Å². The van der Waals surface area contributed by atoms with Crippen molar-refractivity contribution in [3.8, 4) is 5.75 Å². The number of para-hydroxylation sites is 1. The molecule has 0 aliphatic rings. The average Bonchev–Trinajstić information content (AvgIpc) is 2.55. The van der Waals surface area contributed by atoms with E-state index in [0.29, 0.717) is 23.1 Å². The molecule has 0 heterocycles. The molecule has 0 bridgehead atoms. The number of likely N-dealkylation sites (N-methyl/N-ethyl adjacent to an activating group) is 1. The maximum absolute atomic E-state index is 12.1. The van der Waals surface area contributed by atoms with Gasteiger partial charge in [-0.1, -0.05) is 47.5 Å². The van der Waals surface area contributed by atoms with Crippen LogP contribution in [0.4, 0.5) is 0 Å². The molecule has 6 heteroatoms. The predicted octanol–water partition coefficient (Wildman–Crippen LogP) is 3.75. The number of halogens is 2. The third kappa shape index (κ3) is 5.41. The zero-order chi connectivity index (χ0) is 17.5. The topological polar surface area (TPSA) is 41.6 Å². The van der Waals surface area contributed by atoms with E-state index in [1.807, 2.05) is 42.3 Å². The smallest absolute Gasteiger partial charge is 0.234 e. The van der Waals surface area contributed by atoms with E-state index in [1.165, 1.54) is 0 Å². The Bertz CT molecular complexity index is 707. The molecule has 0 unspecified atom stereocenters. The summed E-state index contributed by atoms with van der Waals surface area (Å²) in [5.41, 5.74) is 1.87. The van der Waals surface area contributed by atoms with E-state index in [-0.39, 0.29) is 12.5 Å². The molecule has 2 rings (SSSR count). The van der Waals surface area contributed by atoms with Crippen molar-refractivity contribution in [3.05, 3.63) is 63.6 Å². The molecular formula is C18H20Cl2N2O2. The summed E-state index contributed by atoms with van der Waals surface area (Å²) in [6.07, 6.45) is 0. The number of nitrogens with zero attached hydrogens (tertiary/aromatic N) is 1. The van der Waals surface area contributed by atoms with Crippen molar-refractivity contribution < 1.29 is 9.53 Å². The molecule has 2 aromatic rings. The van der Waals surface area contributed by atoms with Crippen LogP contribution >= 0.6 is 23.2 Å². The third-order valence-electron chi connectivity index (χ3n) is 3.54. The number of hydrogen-bond donors (Lipinski definition) is 1. The van der Waals surface area contributed by atoms with Crippen LogP contribution in [0.2, 0.25) is 10.0 Å². The highest BCUT2D eigenvalue weighted by Gasteiger charge is 2.10. The number of benzene rings is 2. The van der Waals surface area contributed by atoms with Crippen LogP contribution in [-0.4, -0.2) is 31.5 Å². The lowest BCUT2D eigenvalue weighted by molar-refractivity contribution is -0.122. The second-order valence-electron chi connectivity index (χ2n) is 5.50. The summed E-state index contributed by atoms with van der Waals surface area (Å²) in [5, 5.41) is 4.10. The zero-order valence-corrected chi connectivity index (χ0v) is 15.2. The van der Waals surface area contributed by atoms with Gasteiger partial charge in [0, 0.05) is 28.7 Å². The minimum atomic E-state index is -0.0616. The Hall–Kier alpha value is -1.75. The number of carbonyl (C=O) groups is 1. The Morgan fingerprint density at radius 1 is 1.17 bits per heavy atom. The van der Waals surface area contributed by atoms with Gasteiger partial charge in [0.1, 0.15) is 5.75 Å². The first-order valence-electron chi connectivity index (χ1n) is 7.50. The Morgan fingerprint density at radius 3 is 2.62 bits per heavy atom. The lowest BCUT2D eigenvalue weighted by Crippen LogP contribution is -2.34. The highest BCUT2D eigenvalue weighted by atomic mass is 35.5. The first-order valence-corrected chi connectivity index (χ1v) is 8.26. The van der Waals surface area contributed by atoms with E-state index in [2.05, 4.69) is 5.32 Å². The van der Waals surface area contributed by atoms with E-state index in [0.717, 1.165) is 16.9 Å². The molecule has 2 aromatic carbocycles. The number of nitrogens with one attached hydrogen (secondary N) is 1. The lowest BCUT2D eigenvalue weighted by Gasteiger charge is -2.17. The molecule has 24 heavy (non-hydrogen) atoms. The van der Waals surface area contributed by atoms with Crippen LogP contribution in [0.3, 0.4) is 0 Å². The lowest BCUT2D eigenvalue weighted by atomic mass is 10.2. The van der Waals surface area contributed by atoms with Crippen LogP contribution in [-0.2, 0) is 17.9 Å². The van der Waals surface area contributed by atoms with Gasteiger partial charge in [-0.15, -0.1) is 0 Å². The summed E-state index contributed by atoms with van der Waals surface area (Å²) in [7, 11) is 3.48. The molecule has 0 spiro atoms. The van der Waals surface area contributed by atoms with Gasteiger partial charge in [-0.2, -0.15) is 0 Å². The van der Waals surface area contributed by atoms with E-state index in [1.54, 1.807) is 19.2 Å². The Kier molecular flexibility index (Phi) is 6.91. The molecule has 128 valence electrons. The number of rotatable bonds is 7. The minimum Gasteiger partial charge on any atom is -0.496 e. The van der Waals surface area contributed by atoms with Crippen LogP contribution in [0.25, 0.3) is 0 Å². The maximum Gasteiger partial charge on any atom is 0.234 e. The van der Waals surface area contributed by atoms with E-state index >= 15 is 0 Å². The summed E-state index contributed by atoms with van der Waals surface area (Å²) in [5.74, 6) is 0.701. The standard InChI is InChI=1S/C18H20Cl2N2O2/c1-22(11-14-7-8-15(19)9-16(14)20)12-18(23)21-10-13-5-3-4-6-17(13)24-2/h3-9H,10-12H2,1-2H3,(H,21,23). The summed E-state index contributed by atoms with van der Waals surface area (Å²) in [4.78, 5) is 14.0. The molecule has 0 fully saturated rings. The number of carbonyl (C=O) groups excluding carboxylic acids is 1. The van der Waals surface area contributed by atoms with Crippen LogP contribution in [0.1, 0.15) is 11.1 Å². The predicted molar refractivity (Wildman–Crippen MR) is 97.6 cm³/mol. The SMILES string of the molecule is COc1ccccc1CNC(=O)CN(C)Cc1ccc(Cl)cc1Cl. The van der Waals surface area contributed by atoms with Crippen molar-refractivity contribution in [2.75, 3.05) is 20.7 Å². The Labute approximate surface area is 152 Å². The molecule has 0 saturated heterocycles. The highest BCUT2D eigenvalue weighted by Crippen LogP contribution is 2.22. The average molecular weight is 367 g/mol. The van der Waals surface area contributed by atoms with Crippen molar-refractivity contribution in [2.24, 2.45) is 0 Å². The molecule has 4 nitrogen and oxygen atoms in total. The number of ether oxygens (including phenoxy) is 1. The fraction of sp³-hybridized carbons (Fsp3) is 0.278. The summed E-state index contributed by atoms with van der Waals surface area (Å²) in [6, 6.07) is 13.0. The first-order chi connectivity index (χ1) is 11.5. The van der Waals surface area contributed by atoms with Crippen molar-refractivity contribution in [2.45, 2.75) is 13.1 Å². The molecule has 1 N–H and O–H groups in total. The number of methoxy groups -OCH3 is 1. The molecule has 0 saturated carbocycles. The second kappa shape index (κ2) is 8.92. The number of amides is 1. The molecule has 1 amide bonds. The minimum absolute atomic E-state index is 0.0616. The normalized spacial score (nSPS) is 10.7. The maximum atomic E-state index is 12.1. The van der Waals surface area contributed by atoms with Gasteiger partial charge in [0.25, 0.3) is 0 Å². The summed E-state index contributed by atoms with van der Waals surface area (Å²) in [6.45, 7) is 1.27. The van der Waals surface area contributed by atoms with E-state index in [4.69, 9.17) is 27.9 Å². The van der Waals surface area contributed by atoms with Gasteiger partial charge in [-0.25, -0.2) is 0 Å². The van der Waals surface area contributed by atoms with Crippen molar-refractivity contribution in [1.82, 2.24) is 10.2 Å². The van der Waals surface area contributed by atoms with Crippen LogP contribution in [0.5, 0.6) is 5.75 Å². The van der Waals surface area contributed by atoms with Crippen LogP contribution < -0.4 is 10.1 Å². The number of hydrogen-bond acceptors (Lipinski definition) is 3. The van der Waals surface area contributed by atoms with Gasteiger partial charge in [0.2, 0.25) is 5.91 Å². The molecule has 0 atom stereocenters. The van der Waals surface area contributed by atoms with Gasteiger partial charge < -0.3 is 10.1 Å². The molecule has 0 aromatic heterocycles. The van der Waals surface area contributed by atoms with Crippen molar-refractivity contribution in [1.29, 1.82) is 0 Å². The Morgan fingerprint density at radius 2 is 1.92 bits per heavy atom. The van der Waals surface area contributed by atoms with Crippen molar-refractivity contribution >= 4 is 29.1 Å². The van der Waals surface area contributed by atoms with E-state index in [9.17, 15) is 4.79 Å². The monoisotopic (exact) mass is 366 g/mol.